The molecule has 0 aromatic heterocycles. The van der Waals surface area contributed by atoms with Crippen molar-refractivity contribution in [3.05, 3.63) is 54.6 Å². The summed E-state index contributed by atoms with van der Waals surface area (Å²) >= 11 is 0. The van der Waals surface area contributed by atoms with Crippen LogP contribution in [0.15, 0.2) is 54.6 Å². The molecule has 0 saturated carbocycles. The molecule has 0 aliphatic carbocycles. The Kier molecular flexibility index (Phi) is 11.8. The molecule has 0 aliphatic rings. The van der Waals surface area contributed by atoms with E-state index in [2.05, 4.69) is 0 Å². The Morgan fingerprint density at radius 3 is 1.76 bits per heavy atom. The van der Waals surface area contributed by atoms with E-state index in [1.165, 1.54) is 0 Å². The lowest BCUT2D eigenvalue weighted by Crippen LogP contribution is -2.10. The molecule has 0 saturated heterocycles. The summed E-state index contributed by atoms with van der Waals surface area (Å²) in [6.07, 6.45) is 0. The maximum absolute atomic E-state index is 8.60. The van der Waals surface area contributed by atoms with E-state index in [4.69, 9.17) is 24.1 Å². The monoisotopic (exact) mass is 348 g/mol. The fraction of sp³-hybridized carbons (Fsp3) is 0.400. The van der Waals surface area contributed by atoms with Crippen molar-refractivity contribution in [2.45, 2.75) is 13.8 Å². The number of para-hydroxylation sites is 1. The zero-order valence-electron chi connectivity index (χ0n) is 15.0. The van der Waals surface area contributed by atoms with Gasteiger partial charge in [0, 0.05) is 6.07 Å². The molecule has 1 N–H and O–H groups in total. The highest BCUT2D eigenvalue weighted by Gasteiger charge is 1.99. The first-order valence-corrected chi connectivity index (χ1v) is 8.60. The Bertz CT molecular complexity index is 545. The average molecular weight is 348 g/mol. The van der Waals surface area contributed by atoms with E-state index in [9.17, 15) is 0 Å². The fourth-order valence-electron chi connectivity index (χ4n) is 1.87. The summed E-state index contributed by atoms with van der Waals surface area (Å²) < 4.78 is 21.9. The summed E-state index contributed by atoms with van der Waals surface area (Å²) in [4.78, 5) is 0. The van der Waals surface area contributed by atoms with Gasteiger partial charge in [-0.05, 0) is 24.3 Å². The molecule has 2 aromatic carbocycles. The predicted octanol–water partition coefficient (Wildman–Crippen LogP) is 3.56. The van der Waals surface area contributed by atoms with E-state index in [1.807, 2.05) is 68.4 Å². The summed E-state index contributed by atoms with van der Waals surface area (Å²) in [6, 6.07) is 17.1. The molecule has 2 aromatic rings. The van der Waals surface area contributed by atoms with Gasteiger partial charge in [-0.3, -0.25) is 0 Å². The van der Waals surface area contributed by atoms with Crippen molar-refractivity contribution >= 4 is 0 Å². The Morgan fingerprint density at radius 2 is 1.16 bits per heavy atom. The van der Waals surface area contributed by atoms with Crippen molar-refractivity contribution < 1.29 is 24.1 Å². The Hall–Kier alpha value is -2.24. The van der Waals surface area contributed by atoms with E-state index in [-0.39, 0.29) is 6.61 Å². The standard InChI is InChI=1S/C18H22O5.C2H6/c19-9-10-20-11-12-22-17-7-4-8-18(15-17)23-14-13-21-16-5-2-1-3-6-16;1-2/h1-8,15,19H,9-14H2;1-2H3. The lowest BCUT2D eigenvalue weighted by atomic mass is 10.3. The van der Waals surface area contributed by atoms with Gasteiger partial charge in [0.1, 0.15) is 37.1 Å². The normalized spacial score (nSPS) is 9.72. The third-order valence-corrected chi connectivity index (χ3v) is 2.90. The van der Waals surface area contributed by atoms with Crippen LogP contribution < -0.4 is 14.2 Å². The fourth-order valence-corrected chi connectivity index (χ4v) is 1.87. The first kappa shape index (κ1) is 20.8. The summed E-state index contributed by atoms with van der Waals surface area (Å²) in [5.41, 5.74) is 0. The summed E-state index contributed by atoms with van der Waals surface area (Å²) in [5, 5.41) is 8.60. The van der Waals surface area contributed by atoms with Crippen LogP contribution in [0.5, 0.6) is 17.2 Å². The van der Waals surface area contributed by atoms with Crippen LogP contribution in [0.1, 0.15) is 13.8 Å². The van der Waals surface area contributed by atoms with E-state index in [1.54, 1.807) is 0 Å². The highest BCUT2D eigenvalue weighted by atomic mass is 16.5. The molecule has 2 rings (SSSR count). The minimum absolute atomic E-state index is 0.0222. The van der Waals surface area contributed by atoms with Gasteiger partial charge in [0.25, 0.3) is 0 Å². The third-order valence-electron chi connectivity index (χ3n) is 2.90. The predicted molar refractivity (Wildman–Crippen MR) is 98.6 cm³/mol. The van der Waals surface area contributed by atoms with Crippen LogP contribution in [-0.4, -0.2) is 44.7 Å². The number of hydrogen-bond acceptors (Lipinski definition) is 5. The van der Waals surface area contributed by atoms with Gasteiger partial charge >= 0.3 is 0 Å². The molecule has 5 nitrogen and oxygen atoms in total. The van der Waals surface area contributed by atoms with Crippen molar-refractivity contribution in [3.63, 3.8) is 0 Å². The Labute approximate surface area is 150 Å². The zero-order valence-corrected chi connectivity index (χ0v) is 15.0. The van der Waals surface area contributed by atoms with Crippen LogP contribution in [0.4, 0.5) is 0 Å². The van der Waals surface area contributed by atoms with Gasteiger partial charge in [-0.15, -0.1) is 0 Å². The number of hydrogen-bond donors (Lipinski definition) is 1. The molecular weight excluding hydrogens is 320 g/mol. The number of aliphatic hydroxyl groups excluding tert-OH is 1. The smallest absolute Gasteiger partial charge is 0.123 e. The van der Waals surface area contributed by atoms with Gasteiger partial charge in [-0.2, -0.15) is 0 Å². The lowest BCUT2D eigenvalue weighted by molar-refractivity contribution is 0.0704. The van der Waals surface area contributed by atoms with Crippen molar-refractivity contribution in [1.82, 2.24) is 0 Å². The molecule has 0 bridgehead atoms. The molecule has 0 fully saturated rings. The van der Waals surface area contributed by atoms with E-state index in [0.717, 1.165) is 17.2 Å². The van der Waals surface area contributed by atoms with Gasteiger partial charge in [0.15, 0.2) is 0 Å². The van der Waals surface area contributed by atoms with Gasteiger partial charge in [0.2, 0.25) is 0 Å². The van der Waals surface area contributed by atoms with E-state index >= 15 is 0 Å². The van der Waals surface area contributed by atoms with Crippen LogP contribution in [0.25, 0.3) is 0 Å². The summed E-state index contributed by atoms with van der Waals surface area (Å²) in [5.74, 6) is 2.28. The third kappa shape index (κ3) is 9.59. The molecule has 0 amide bonds. The largest absolute Gasteiger partial charge is 0.491 e. The molecule has 0 aliphatic heterocycles. The van der Waals surface area contributed by atoms with Crippen LogP contribution >= 0.6 is 0 Å². The SMILES string of the molecule is CC.OCCOCCOc1cccc(OCCOc2ccccc2)c1. The first-order valence-electron chi connectivity index (χ1n) is 8.60. The second-order valence-corrected chi connectivity index (χ2v) is 4.67. The van der Waals surface area contributed by atoms with Crippen LogP contribution in [0, 0.1) is 0 Å². The molecule has 0 unspecified atom stereocenters. The summed E-state index contributed by atoms with van der Waals surface area (Å²) in [7, 11) is 0. The Morgan fingerprint density at radius 1 is 0.640 bits per heavy atom. The molecule has 0 heterocycles. The molecule has 5 heteroatoms. The Balaban J connectivity index is 0.00000151. The highest BCUT2D eigenvalue weighted by Crippen LogP contribution is 2.19. The van der Waals surface area contributed by atoms with Crippen LogP contribution in [-0.2, 0) is 4.74 Å². The zero-order chi connectivity index (χ0) is 18.2. The summed E-state index contributed by atoms with van der Waals surface area (Å²) in [6.45, 7) is 6.15. The topological polar surface area (TPSA) is 57.2 Å². The van der Waals surface area contributed by atoms with Gasteiger partial charge in [0.05, 0.1) is 19.8 Å². The van der Waals surface area contributed by atoms with E-state index < -0.39 is 0 Å². The number of benzene rings is 2. The second-order valence-electron chi connectivity index (χ2n) is 4.67. The number of ether oxygens (including phenoxy) is 4. The quantitative estimate of drug-likeness (QED) is 0.629. The molecule has 138 valence electrons. The average Bonchev–Trinajstić information content (AvgIpc) is 2.68. The van der Waals surface area contributed by atoms with Gasteiger partial charge in [-0.25, -0.2) is 0 Å². The first-order chi connectivity index (χ1) is 12.4. The molecule has 0 spiro atoms. The number of rotatable bonds is 11. The minimum atomic E-state index is 0.0222. The van der Waals surface area contributed by atoms with Gasteiger partial charge < -0.3 is 24.1 Å². The lowest BCUT2D eigenvalue weighted by Gasteiger charge is -2.10. The minimum Gasteiger partial charge on any atom is -0.491 e. The molecular formula is C20H28O5. The van der Waals surface area contributed by atoms with Crippen LogP contribution in [0.2, 0.25) is 0 Å². The maximum Gasteiger partial charge on any atom is 0.123 e. The molecule has 0 atom stereocenters. The van der Waals surface area contributed by atoms with Crippen molar-refractivity contribution in [2.24, 2.45) is 0 Å². The second kappa shape index (κ2) is 14.1. The molecule has 0 radical (unpaired) electrons. The van der Waals surface area contributed by atoms with Crippen molar-refractivity contribution in [1.29, 1.82) is 0 Å². The van der Waals surface area contributed by atoms with Crippen molar-refractivity contribution in [3.8, 4) is 17.2 Å². The van der Waals surface area contributed by atoms with Gasteiger partial charge in [-0.1, -0.05) is 38.1 Å². The van der Waals surface area contributed by atoms with Crippen LogP contribution in [0.3, 0.4) is 0 Å². The van der Waals surface area contributed by atoms with Crippen molar-refractivity contribution in [2.75, 3.05) is 39.6 Å². The molecule has 25 heavy (non-hydrogen) atoms. The highest BCUT2D eigenvalue weighted by molar-refractivity contribution is 5.32. The number of aliphatic hydroxyl groups is 1. The maximum atomic E-state index is 8.60. The van der Waals surface area contributed by atoms with E-state index in [0.29, 0.717) is 33.0 Å².